The number of hydrazine groups is 3. The highest BCUT2D eigenvalue weighted by Gasteiger charge is 2.32. The Balaban J connectivity index is 0.894. The molecule has 0 radical (unpaired) electrons. The third kappa shape index (κ3) is 23.9. The van der Waals surface area contributed by atoms with Crippen LogP contribution in [0.2, 0.25) is 0 Å². The molecule has 18 heteroatoms. The van der Waals surface area contributed by atoms with E-state index in [1.54, 1.807) is 36.4 Å². The number of nitrogens with one attached hydrogen (secondary N) is 3. The van der Waals surface area contributed by atoms with Crippen LogP contribution < -0.4 is 58.9 Å². The van der Waals surface area contributed by atoms with Gasteiger partial charge in [0.05, 0.1) is 16.7 Å². The van der Waals surface area contributed by atoms with Crippen LogP contribution in [0.5, 0.6) is 51.7 Å². The molecule has 0 unspecified atom stereocenters. The van der Waals surface area contributed by atoms with E-state index < -0.39 is 17.7 Å². The molecule has 13 aromatic carbocycles. The minimum absolute atomic E-state index is 0.121. The van der Waals surface area contributed by atoms with Crippen molar-refractivity contribution in [1.82, 2.24) is 31.3 Å². The second-order valence-corrected chi connectivity index (χ2v) is 29.6. The first-order chi connectivity index (χ1) is 60.5. The summed E-state index contributed by atoms with van der Waals surface area (Å²) in [6, 6.07) is 99.1. The first kappa shape index (κ1) is 87.2. The Labute approximate surface area is 722 Å². The molecule has 0 aliphatic rings. The number of rotatable bonds is 45. The number of hydrogen-bond donors (Lipinski definition) is 3. The molecule has 0 aromatic heterocycles. The summed E-state index contributed by atoms with van der Waals surface area (Å²) in [6.07, 6.45) is 1.70. The average molecular weight is 1650 g/mol. The lowest BCUT2D eigenvalue weighted by molar-refractivity contribution is 0.0773. The van der Waals surface area contributed by atoms with Gasteiger partial charge in [-0.1, -0.05) is 315 Å². The van der Waals surface area contributed by atoms with Crippen LogP contribution >= 0.6 is 0 Å². The van der Waals surface area contributed by atoms with Gasteiger partial charge in [0, 0.05) is 39.3 Å². The van der Waals surface area contributed by atoms with Crippen molar-refractivity contribution in [3.8, 4) is 51.7 Å². The van der Waals surface area contributed by atoms with E-state index in [0.29, 0.717) is 56.1 Å². The Bertz CT molecular complexity index is 4950. The van der Waals surface area contributed by atoms with Crippen LogP contribution in [0.4, 0.5) is 0 Å². The summed E-state index contributed by atoms with van der Waals surface area (Å²) in [5.74, 6) is 1.39. The van der Waals surface area contributed by atoms with Gasteiger partial charge in [-0.2, -0.15) is 0 Å². The van der Waals surface area contributed by atoms with Crippen LogP contribution in [0.1, 0.15) is 156 Å². The Morgan fingerprint density at radius 3 is 0.553 bits per heavy atom. The van der Waals surface area contributed by atoms with Crippen molar-refractivity contribution in [1.29, 1.82) is 0 Å². The molecule has 0 spiro atoms. The summed E-state index contributed by atoms with van der Waals surface area (Å²) >= 11 is 0. The Hall–Kier alpha value is -13.7. The Morgan fingerprint density at radius 1 is 0.211 bits per heavy atom. The van der Waals surface area contributed by atoms with Crippen LogP contribution in [0.25, 0.3) is 0 Å². The number of carbonyl (C=O) groups excluding carboxylic acids is 3. The maximum Gasteiger partial charge on any atom is 0.269 e. The Kier molecular flexibility index (Phi) is 32.0. The van der Waals surface area contributed by atoms with E-state index in [0.717, 1.165) is 83.5 Å². The van der Waals surface area contributed by atoms with Gasteiger partial charge in [-0.05, 0) is 139 Å². The summed E-state index contributed by atoms with van der Waals surface area (Å²) in [5, 5.41) is 5.80. The highest BCUT2D eigenvalue weighted by Crippen LogP contribution is 2.46. The third-order valence-corrected chi connectivity index (χ3v) is 21.2. The molecular formula is C105H108N6O12. The molecule has 0 atom stereocenters. The second kappa shape index (κ2) is 45.1. The maximum absolute atomic E-state index is 15.8. The molecule has 0 bridgehead atoms. The predicted molar refractivity (Wildman–Crippen MR) is 482 cm³/mol. The van der Waals surface area contributed by atoms with Crippen LogP contribution in [0.3, 0.4) is 0 Å². The second-order valence-electron chi connectivity index (χ2n) is 29.6. The fraction of sp³-hybridized carbons (Fsp3) is 0.229. The number of amides is 3. The van der Waals surface area contributed by atoms with E-state index >= 15 is 14.4 Å². The highest BCUT2D eigenvalue weighted by molar-refractivity contribution is 5.99. The van der Waals surface area contributed by atoms with Gasteiger partial charge in [-0.25, -0.2) is 15.0 Å². The summed E-state index contributed by atoms with van der Waals surface area (Å²) in [7, 11) is 0. The van der Waals surface area contributed by atoms with Crippen molar-refractivity contribution in [2.45, 2.75) is 140 Å². The normalized spacial score (nSPS) is 11.1. The molecule has 3 N–H and O–H groups in total. The summed E-state index contributed by atoms with van der Waals surface area (Å²) in [4.78, 5) is 47.3. The van der Waals surface area contributed by atoms with E-state index in [2.05, 4.69) is 37.0 Å². The zero-order valence-corrected chi connectivity index (χ0v) is 70.9. The zero-order valence-electron chi connectivity index (χ0n) is 70.9. The van der Waals surface area contributed by atoms with E-state index in [1.165, 1.54) is 0 Å². The first-order valence-electron chi connectivity index (χ1n) is 42.3. The molecule has 0 saturated carbocycles. The molecule has 3 amide bonds. The smallest absolute Gasteiger partial charge is 0.269 e. The Morgan fingerprint density at radius 2 is 0.382 bits per heavy atom. The van der Waals surface area contributed by atoms with Gasteiger partial charge in [0.25, 0.3) is 17.7 Å². The van der Waals surface area contributed by atoms with Crippen molar-refractivity contribution in [2.24, 2.45) is 0 Å². The number of benzene rings is 13. The zero-order chi connectivity index (χ0) is 85.3. The average Bonchev–Trinajstić information content (AvgIpc) is 0.758. The molecule has 13 rings (SSSR count). The molecular weight excluding hydrogens is 1540 g/mol. The first-order valence-corrected chi connectivity index (χ1v) is 42.3. The van der Waals surface area contributed by atoms with Crippen molar-refractivity contribution in [3.05, 3.63) is 410 Å². The summed E-state index contributed by atoms with van der Waals surface area (Å²) in [5.41, 5.74) is 25.1. The lowest BCUT2D eigenvalue weighted by atomic mass is 9.83. The molecule has 0 fully saturated rings. The molecule has 0 aliphatic heterocycles. The third-order valence-electron chi connectivity index (χ3n) is 21.2. The van der Waals surface area contributed by atoms with Gasteiger partial charge in [0.15, 0.2) is 34.5 Å². The van der Waals surface area contributed by atoms with Crippen LogP contribution in [-0.4, -0.2) is 52.4 Å². The van der Waals surface area contributed by atoms with E-state index in [1.807, 2.05) is 309 Å². The van der Waals surface area contributed by atoms with Crippen LogP contribution in [0, 0.1) is 0 Å². The number of nitrogens with zero attached hydrogens (tertiary/aromatic N) is 3. The van der Waals surface area contributed by atoms with Crippen LogP contribution in [0.15, 0.2) is 309 Å². The predicted octanol–water partition coefficient (Wildman–Crippen LogP) is 21.1. The van der Waals surface area contributed by atoms with E-state index in [9.17, 15) is 0 Å². The monoisotopic (exact) mass is 1640 g/mol. The molecule has 123 heavy (non-hydrogen) atoms. The quantitative estimate of drug-likeness (QED) is 0.0307. The molecule has 13 aromatic rings. The van der Waals surface area contributed by atoms with Gasteiger partial charge < -0.3 is 42.6 Å². The van der Waals surface area contributed by atoms with Crippen molar-refractivity contribution >= 4 is 17.7 Å². The lowest BCUT2D eigenvalue weighted by Gasteiger charge is -2.33. The van der Waals surface area contributed by atoms with Crippen molar-refractivity contribution in [2.75, 3.05) is 19.6 Å². The fourth-order valence-corrected chi connectivity index (χ4v) is 14.8. The van der Waals surface area contributed by atoms with Gasteiger partial charge >= 0.3 is 0 Å². The maximum atomic E-state index is 15.8. The van der Waals surface area contributed by atoms with Gasteiger partial charge in [-0.15, -0.1) is 0 Å². The number of carbonyl (C=O) groups is 3. The van der Waals surface area contributed by atoms with Gasteiger partial charge in [0.2, 0.25) is 17.2 Å². The minimum atomic E-state index is -0.436. The molecule has 0 heterocycles. The van der Waals surface area contributed by atoms with E-state index in [4.69, 9.17) is 42.6 Å². The molecule has 18 nitrogen and oxygen atoms in total. The largest absolute Gasteiger partial charge is 0.485 e. The van der Waals surface area contributed by atoms with Crippen molar-refractivity contribution < 1.29 is 57.0 Å². The SMILES string of the molecule is CCc1c(CN(CC)NC(=O)c2ccc(OCc3ccccc3)c(OCc3ccccc3)c2OCc2ccccc2)c(CC)c(CN(CC)NC(=O)c2ccc(OCc3ccccc3)c(OCc3ccccc3)c2OCc2ccccc2)c(CC)c1CN(CC)NC(=O)c1ccc(OCc2ccccc2)c(OCc2ccccc2)c1OCc1ccccc1. The minimum Gasteiger partial charge on any atom is -0.485 e. The molecule has 0 aliphatic carbocycles. The highest BCUT2D eigenvalue weighted by atomic mass is 16.6. The standard InChI is InChI=1S/C105H108N6O12/c1-7-85-91(64-109(10-4)106-103(112)88-58-61-94(115-67-76-40-22-13-23-41-76)100(121-73-82-52-34-19-35-53-82)97(88)118-70-79-46-28-16-29-47-79)86(8-2)93(66-111(12-6)108-105(114)90-60-63-96(117-69-78-44-26-15-27-45-78)102(123-75-84-56-38-21-39-57-84)99(90)120-72-81-50-32-18-33-51-81)87(9-3)92(85)65-110(11-5)107-104(113)89-59-62-95(116-68-77-42-24-14-25-43-77)101(122-74-83-54-36-20-37-55-83)98(89)119-71-80-48-30-17-31-49-80/h13-63H,7-12,64-75H2,1-6H3,(H,106,112)(H,107,113)(H,108,114). The molecule has 0 saturated heterocycles. The topological polar surface area (TPSA) is 180 Å². The summed E-state index contributed by atoms with van der Waals surface area (Å²) in [6.45, 7) is 15.9. The van der Waals surface area contributed by atoms with Crippen LogP contribution in [-0.2, 0) is 98.4 Å². The fourth-order valence-electron chi connectivity index (χ4n) is 14.8. The van der Waals surface area contributed by atoms with Crippen molar-refractivity contribution in [3.63, 3.8) is 0 Å². The van der Waals surface area contributed by atoms with E-state index in [-0.39, 0.29) is 130 Å². The number of ether oxygens (including phenoxy) is 9. The van der Waals surface area contributed by atoms with Gasteiger partial charge in [0.1, 0.15) is 59.5 Å². The number of hydrogen-bond acceptors (Lipinski definition) is 15. The lowest BCUT2D eigenvalue weighted by Crippen LogP contribution is -2.44. The summed E-state index contributed by atoms with van der Waals surface area (Å²) < 4.78 is 60.7. The molecule has 630 valence electrons. The van der Waals surface area contributed by atoms with Gasteiger partial charge in [-0.3, -0.25) is 30.7 Å².